The molecule has 0 aliphatic carbocycles. The first kappa shape index (κ1) is 14.1. The molecule has 2 nitrogen and oxygen atoms in total. The second-order valence-electron chi connectivity index (χ2n) is 5.61. The Balaban J connectivity index is 3.73. The molecule has 14 heavy (non-hydrogen) atoms. The maximum atomic E-state index is 5.87. The minimum atomic E-state index is -0.413. The highest BCUT2D eigenvalue weighted by Gasteiger charge is 2.21. The van der Waals surface area contributed by atoms with Crippen molar-refractivity contribution in [1.82, 2.24) is 0 Å². The van der Waals surface area contributed by atoms with E-state index in [1.807, 2.05) is 0 Å². The first-order chi connectivity index (χ1) is 6.33. The van der Waals surface area contributed by atoms with E-state index in [1.54, 1.807) is 7.11 Å². The van der Waals surface area contributed by atoms with Crippen molar-refractivity contribution in [3.05, 3.63) is 0 Å². The summed E-state index contributed by atoms with van der Waals surface area (Å²) >= 11 is 0. The van der Waals surface area contributed by atoms with E-state index in [2.05, 4.69) is 34.6 Å². The molecule has 0 spiro atoms. The zero-order chi connectivity index (χ0) is 11.2. The Morgan fingerprint density at radius 3 is 2.07 bits per heavy atom. The van der Waals surface area contributed by atoms with Crippen LogP contribution in [0.15, 0.2) is 0 Å². The van der Waals surface area contributed by atoms with Gasteiger partial charge in [-0.25, -0.2) is 0 Å². The lowest BCUT2D eigenvalue weighted by Gasteiger charge is -2.27. The van der Waals surface area contributed by atoms with Gasteiger partial charge < -0.3 is 9.16 Å². The molecular formula is C11H26O2Si. The van der Waals surface area contributed by atoms with Crippen LogP contribution >= 0.6 is 0 Å². The highest BCUT2D eigenvalue weighted by molar-refractivity contribution is 6.31. The summed E-state index contributed by atoms with van der Waals surface area (Å²) < 4.78 is 11.0. The molecule has 0 heterocycles. The Hall–Kier alpha value is 0.137. The van der Waals surface area contributed by atoms with Crippen LogP contribution in [0.4, 0.5) is 0 Å². The Kier molecular flexibility index (Phi) is 5.94. The molecule has 0 bridgehead atoms. The summed E-state index contributed by atoms with van der Waals surface area (Å²) in [6.45, 7) is 12.8. The molecule has 0 aromatic rings. The van der Waals surface area contributed by atoms with E-state index in [1.165, 1.54) is 6.42 Å². The zero-order valence-corrected chi connectivity index (χ0v) is 12.1. The van der Waals surface area contributed by atoms with E-state index >= 15 is 0 Å². The Morgan fingerprint density at radius 2 is 1.64 bits per heavy atom. The number of rotatable bonds is 7. The lowest BCUT2D eigenvalue weighted by molar-refractivity contribution is 0.0642. The molecule has 0 saturated carbocycles. The minimum absolute atomic E-state index is 0.158. The number of ether oxygens (including phenoxy) is 1. The monoisotopic (exact) mass is 218 g/mol. The smallest absolute Gasteiger partial charge is 0.167 e. The van der Waals surface area contributed by atoms with Crippen LogP contribution in [0.25, 0.3) is 0 Å². The van der Waals surface area contributed by atoms with Crippen LogP contribution in [0.1, 0.15) is 41.0 Å². The maximum absolute atomic E-state index is 5.87. The highest BCUT2D eigenvalue weighted by atomic mass is 28.2. The molecule has 0 radical (unpaired) electrons. The SMILES string of the molecule is CCC(C)(C)[SiH2]OCC(C)(C)COC. The molecular weight excluding hydrogens is 192 g/mol. The first-order valence-corrected chi connectivity index (χ1v) is 6.68. The summed E-state index contributed by atoms with van der Waals surface area (Å²) in [4.78, 5) is 0. The predicted octanol–water partition coefficient (Wildman–Crippen LogP) is 2.37. The van der Waals surface area contributed by atoms with Gasteiger partial charge in [-0.1, -0.05) is 41.0 Å². The van der Waals surface area contributed by atoms with E-state index in [0.29, 0.717) is 5.04 Å². The summed E-state index contributed by atoms with van der Waals surface area (Å²) in [5.41, 5.74) is 0.158. The van der Waals surface area contributed by atoms with Crippen LogP contribution in [-0.2, 0) is 9.16 Å². The van der Waals surface area contributed by atoms with Crippen LogP contribution in [0.2, 0.25) is 5.04 Å². The van der Waals surface area contributed by atoms with E-state index in [0.717, 1.165) is 13.2 Å². The fourth-order valence-electron chi connectivity index (χ4n) is 1.14. The molecule has 0 aromatic carbocycles. The first-order valence-electron chi connectivity index (χ1n) is 5.40. The standard InChI is InChI=1S/C11H26O2Si/c1-7-11(4,5)14-13-9-10(2,3)8-12-6/h7-9,14H2,1-6H3. The van der Waals surface area contributed by atoms with Crippen LogP contribution < -0.4 is 0 Å². The van der Waals surface area contributed by atoms with Crippen molar-refractivity contribution in [3.63, 3.8) is 0 Å². The molecule has 0 rings (SSSR count). The van der Waals surface area contributed by atoms with Crippen molar-refractivity contribution in [2.45, 2.75) is 46.1 Å². The van der Waals surface area contributed by atoms with Gasteiger partial charge in [-0.2, -0.15) is 0 Å². The molecule has 0 aliphatic heterocycles. The average molecular weight is 218 g/mol. The number of hydrogen-bond acceptors (Lipinski definition) is 2. The maximum Gasteiger partial charge on any atom is 0.167 e. The average Bonchev–Trinajstić information content (AvgIpc) is 2.03. The lowest BCUT2D eigenvalue weighted by atomic mass is 9.97. The van der Waals surface area contributed by atoms with Gasteiger partial charge >= 0.3 is 0 Å². The predicted molar refractivity (Wildman–Crippen MR) is 64.5 cm³/mol. The summed E-state index contributed by atoms with van der Waals surface area (Å²) in [6.07, 6.45) is 1.21. The highest BCUT2D eigenvalue weighted by Crippen LogP contribution is 2.27. The molecule has 0 fully saturated rings. The van der Waals surface area contributed by atoms with Gasteiger partial charge in [0.1, 0.15) is 0 Å². The van der Waals surface area contributed by atoms with Crippen molar-refractivity contribution >= 4 is 9.76 Å². The quantitative estimate of drug-likeness (QED) is 0.611. The summed E-state index contributed by atoms with van der Waals surface area (Å²) in [7, 11) is 1.33. The van der Waals surface area contributed by atoms with Crippen molar-refractivity contribution < 1.29 is 9.16 Å². The molecule has 0 aromatic heterocycles. The van der Waals surface area contributed by atoms with Gasteiger partial charge in [0.25, 0.3) is 0 Å². The molecule has 3 heteroatoms. The van der Waals surface area contributed by atoms with Crippen molar-refractivity contribution in [2.24, 2.45) is 5.41 Å². The van der Waals surface area contributed by atoms with Crippen molar-refractivity contribution in [2.75, 3.05) is 20.3 Å². The third kappa shape index (κ3) is 6.57. The Morgan fingerprint density at radius 1 is 1.07 bits per heavy atom. The van der Waals surface area contributed by atoms with Gasteiger partial charge in [0.15, 0.2) is 9.76 Å². The molecule has 0 aliphatic rings. The minimum Gasteiger partial charge on any atom is -0.423 e. The van der Waals surface area contributed by atoms with E-state index in [4.69, 9.17) is 9.16 Å². The molecule has 0 N–H and O–H groups in total. The van der Waals surface area contributed by atoms with Crippen LogP contribution in [0, 0.1) is 5.41 Å². The fourth-order valence-corrected chi connectivity index (χ4v) is 2.55. The topological polar surface area (TPSA) is 18.5 Å². The largest absolute Gasteiger partial charge is 0.423 e. The third-order valence-corrected chi connectivity index (χ3v) is 4.17. The van der Waals surface area contributed by atoms with E-state index in [-0.39, 0.29) is 5.41 Å². The fraction of sp³-hybridized carbons (Fsp3) is 1.00. The molecule has 0 amide bonds. The van der Waals surface area contributed by atoms with Gasteiger partial charge in [0.2, 0.25) is 0 Å². The second-order valence-corrected chi connectivity index (χ2v) is 8.22. The zero-order valence-electron chi connectivity index (χ0n) is 10.6. The lowest BCUT2D eigenvalue weighted by Crippen LogP contribution is -2.28. The Labute approximate surface area is 91.3 Å². The van der Waals surface area contributed by atoms with Gasteiger partial charge in [0.05, 0.1) is 6.61 Å². The van der Waals surface area contributed by atoms with Crippen LogP contribution in [0.3, 0.4) is 0 Å². The van der Waals surface area contributed by atoms with Gasteiger partial charge in [0, 0.05) is 19.1 Å². The van der Waals surface area contributed by atoms with Crippen LogP contribution in [-0.4, -0.2) is 30.1 Å². The van der Waals surface area contributed by atoms with Gasteiger partial charge in [-0.3, -0.25) is 0 Å². The number of methoxy groups -OCH3 is 1. The third-order valence-electron chi connectivity index (χ3n) is 2.48. The van der Waals surface area contributed by atoms with E-state index in [9.17, 15) is 0 Å². The van der Waals surface area contributed by atoms with Gasteiger partial charge in [-0.05, 0) is 5.04 Å². The molecule has 0 saturated heterocycles. The van der Waals surface area contributed by atoms with E-state index < -0.39 is 9.76 Å². The Bertz CT molecular complexity index is 155. The van der Waals surface area contributed by atoms with Crippen LogP contribution in [0.5, 0.6) is 0 Å². The normalized spacial score (nSPS) is 14.1. The number of hydrogen-bond donors (Lipinski definition) is 0. The second kappa shape index (κ2) is 5.88. The molecule has 86 valence electrons. The molecule has 0 atom stereocenters. The summed E-state index contributed by atoms with van der Waals surface area (Å²) in [5.74, 6) is 0. The summed E-state index contributed by atoms with van der Waals surface area (Å²) in [5, 5.41) is 0.434. The van der Waals surface area contributed by atoms with Crippen molar-refractivity contribution in [3.8, 4) is 0 Å². The summed E-state index contributed by atoms with van der Waals surface area (Å²) in [6, 6.07) is 0. The van der Waals surface area contributed by atoms with Crippen molar-refractivity contribution in [1.29, 1.82) is 0 Å². The van der Waals surface area contributed by atoms with Gasteiger partial charge in [-0.15, -0.1) is 0 Å². The molecule has 0 unspecified atom stereocenters.